The van der Waals surface area contributed by atoms with Crippen LogP contribution < -0.4 is 0 Å². The van der Waals surface area contributed by atoms with Gasteiger partial charge in [-0.05, 0) is 37.5 Å². The van der Waals surface area contributed by atoms with Gasteiger partial charge in [0.2, 0.25) is 0 Å². The van der Waals surface area contributed by atoms with Crippen LogP contribution in [0, 0.1) is 0 Å². The predicted octanol–water partition coefficient (Wildman–Crippen LogP) is 3.31. The molecule has 142 valence electrons. The molecule has 0 radical (unpaired) electrons. The highest BCUT2D eigenvalue weighted by atomic mass is 32.2. The molecular formula is C19H24O6S. The van der Waals surface area contributed by atoms with E-state index in [0.29, 0.717) is 0 Å². The van der Waals surface area contributed by atoms with E-state index in [2.05, 4.69) is 0 Å². The maximum Gasteiger partial charge on any atom is 0.303 e. The van der Waals surface area contributed by atoms with Crippen LogP contribution in [0.25, 0.3) is 0 Å². The first-order chi connectivity index (χ1) is 12.3. The van der Waals surface area contributed by atoms with Gasteiger partial charge in [-0.3, -0.25) is 9.59 Å². The minimum atomic E-state index is -0.842. The molecule has 0 unspecified atom stereocenters. The quantitative estimate of drug-likeness (QED) is 0.531. The summed E-state index contributed by atoms with van der Waals surface area (Å²) in [7, 11) is 0. The van der Waals surface area contributed by atoms with Gasteiger partial charge in [0.15, 0.2) is 11.9 Å². The molecule has 1 aromatic rings. The van der Waals surface area contributed by atoms with E-state index in [1.165, 1.54) is 13.8 Å². The molecule has 2 rings (SSSR count). The summed E-state index contributed by atoms with van der Waals surface area (Å²) in [6, 6.07) is 9.90. The first kappa shape index (κ1) is 20.5. The van der Waals surface area contributed by atoms with Crippen molar-refractivity contribution in [1.29, 1.82) is 0 Å². The summed E-state index contributed by atoms with van der Waals surface area (Å²) >= 11 is 1.54. The maximum atomic E-state index is 11.4. The Morgan fingerprint density at radius 1 is 1.19 bits per heavy atom. The van der Waals surface area contributed by atoms with Crippen molar-refractivity contribution in [1.82, 2.24) is 0 Å². The van der Waals surface area contributed by atoms with Crippen molar-refractivity contribution in [3.63, 3.8) is 0 Å². The van der Waals surface area contributed by atoms with Crippen molar-refractivity contribution in [2.45, 2.75) is 56.7 Å². The number of esters is 2. The summed E-state index contributed by atoms with van der Waals surface area (Å²) in [5, 5.41) is 1.91. The second-order valence-electron chi connectivity index (χ2n) is 6.27. The zero-order valence-corrected chi connectivity index (χ0v) is 16.2. The van der Waals surface area contributed by atoms with Gasteiger partial charge >= 0.3 is 11.9 Å². The highest BCUT2D eigenvalue weighted by Gasteiger charge is 2.45. The second kappa shape index (κ2) is 9.21. The topological polar surface area (TPSA) is 71.1 Å². The van der Waals surface area contributed by atoms with E-state index in [1.807, 2.05) is 41.8 Å². The Hall–Kier alpha value is -1.83. The van der Waals surface area contributed by atoms with Gasteiger partial charge in [0.1, 0.15) is 18.8 Å². The minimum absolute atomic E-state index is 0.0881. The Labute approximate surface area is 157 Å². The molecule has 26 heavy (non-hydrogen) atoms. The van der Waals surface area contributed by atoms with Crippen LogP contribution in [-0.4, -0.2) is 42.6 Å². The molecule has 7 heteroatoms. The number of ether oxygens (including phenoxy) is 4. The molecule has 0 spiro atoms. The van der Waals surface area contributed by atoms with Crippen LogP contribution in [-0.2, 0) is 28.5 Å². The number of carbonyl (C=O) groups is 2. The van der Waals surface area contributed by atoms with Crippen molar-refractivity contribution >= 4 is 23.7 Å². The van der Waals surface area contributed by atoms with Crippen molar-refractivity contribution in [3.8, 4) is 0 Å². The number of hydrogen-bond acceptors (Lipinski definition) is 7. The predicted molar refractivity (Wildman–Crippen MR) is 97.5 cm³/mol. The summed E-state index contributed by atoms with van der Waals surface area (Å²) in [5.74, 6) is -1.77. The van der Waals surface area contributed by atoms with Gasteiger partial charge in [-0.25, -0.2) is 0 Å². The summed E-state index contributed by atoms with van der Waals surface area (Å²) in [6.45, 7) is 6.09. The van der Waals surface area contributed by atoms with Gasteiger partial charge in [-0.2, -0.15) is 0 Å². The molecule has 0 amide bonds. The van der Waals surface area contributed by atoms with E-state index in [4.69, 9.17) is 18.9 Å². The van der Waals surface area contributed by atoms with Gasteiger partial charge < -0.3 is 18.9 Å². The zero-order chi connectivity index (χ0) is 19.2. The second-order valence-corrected chi connectivity index (χ2v) is 7.25. The molecule has 0 saturated carbocycles. The number of thioether (sulfide) groups is 1. The van der Waals surface area contributed by atoms with Crippen LogP contribution >= 0.6 is 11.8 Å². The van der Waals surface area contributed by atoms with Crippen LogP contribution in [0.2, 0.25) is 0 Å². The van der Waals surface area contributed by atoms with E-state index in [1.54, 1.807) is 25.6 Å². The SMILES string of the molecule is CC(=O)OC[C@@H](OC(C)=O)[C@H]1OC(C)(C)O[C@H]1/C=C\Sc1ccccc1. The summed E-state index contributed by atoms with van der Waals surface area (Å²) < 4.78 is 22.2. The minimum Gasteiger partial charge on any atom is -0.462 e. The van der Waals surface area contributed by atoms with E-state index in [0.717, 1.165) is 4.90 Å². The summed E-state index contributed by atoms with van der Waals surface area (Å²) in [5.41, 5.74) is 0. The molecule has 0 N–H and O–H groups in total. The van der Waals surface area contributed by atoms with Gasteiger partial charge in [-0.15, -0.1) is 0 Å². The van der Waals surface area contributed by atoms with Gasteiger partial charge in [0, 0.05) is 18.7 Å². The Balaban J connectivity index is 2.10. The van der Waals surface area contributed by atoms with Crippen molar-refractivity contribution in [3.05, 3.63) is 41.8 Å². The lowest BCUT2D eigenvalue weighted by Crippen LogP contribution is -2.41. The number of carbonyl (C=O) groups excluding carboxylic acids is 2. The fraction of sp³-hybridized carbons (Fsp3) is 0.474. The number of hydrogen-bond donors (Lipinski definition) is 0. The third kappa shape index (κ3) is 6.48. The van der Waals surface area contributed by atoms with Crippen LogP contribution in [0.5, 0.6) is 0 Å². The van der Waals surface area contributed by atoms with Gasteiger partial charge in [-0.1, -0.05) is 30.0 Å². The fourth-order valence-corrected chi connectivity index (χ4v) is 3.26. The monoisotopic (exact) mass is 380 g/mol. The van der Waals surface area contributed by atoms with Gasteiger partial charge in [0.25, 0.3) is 0 Å². The Bertz CT molecular complexity index is 643. The largest absolute Gasteiger partial charge is 0.462 e. The third-order valence-corrected chi connectivity index (χ3v) is 4.35. The Morgan fingerprint density at radius 2 is 1.88 bits per heavy atom. The Kier molecular flexibility index (Phi) is 7.25. The lowest BCUT2D eigenvalue weighted by atomic mass is 10.1. The van der Waals surface area contributed by atoms with E-state index in [-0.39, 0.29) is 6.61 Å². The first-order valence-electron chi connectivity index (χ1n) is 8.31. The highest BCUT2D eigenvalue weighted by Crippen LogP contribution is 2.33. The van der Waals surface area contributed by atoms with Gasteiger partial charge in [0.05, 0.1) is 0 Å². The smallest absolute Gasteiger partial charge is 0.303 e. The first-order valence-corrected chi connectivity index (χ1v) is 9.19. The number of benzene rings is 1. The average molecular weight is 380 g/mol. The molecule has 1 saturated heterocycles. The van der Waals surface area contributed by atoms with E-state index in [9.17, 15) is 9.59 Å². The molecule has 6 nitrogen and oxygen atoms in total. The highest BCUT2D eigenvalue weighted by molar-refractivity contribution is 8.02. The molecule has 1 aromatic carbocycles. The summed E-state index contributed by atoms with van der Waals surface area (Å²) in [6.07, 6.45) is 0.0815. The van der Waals surface area contributed by atoms with Crippen LogP contribution in [0.3, 0.4) is 0 Å². The molecule has 1 fully saturated rings. The third-order valence-electron chi connectivity index (χ3n) is 3.51. The van der Waals surface area contributed by atoms with Crippen molar-refractivity contribution < 1.29 is 28.5 Å². The molecule has 0 aliphatic carbocycles. The molecule has 1 aliphatic heterocycles. The lowest BCUT2D eigenvalue weighted by molar-refractivity contribution is -0.177. The molecule has 3 atom stereocenters. The Morgan fingerprint density at radius 3 is 2.50 bits per heavy atom. The number of rotatable bonds is 7. The molecular weight excluding hydrogens is 356 g/mol. The fourth-order valence-electron chi connectivity index (χ4n) is 2.56. The molecule has 0 bridgehead atoms. The molecule has 0 aromatic heterocycles. The maximum absolute atomic E-state index is 11.4. The van der Waals surface area contributed by atoms with Crippen LogP contribution in [0.1, 0.15) is 27.7 Å². The summed E-state index contributed by atoms with van der Waals surface area (Å²) in [4.78, 5) is 23.7. The average Bonchev–Trinajstić information content (AvgIpc) is 2.87. The zero-order valence-electron chi connectivity index (χ0n) is 15.3. The van der Waals surface area contributed by atoms with Crippen molar-refractivity contribution in [2.24, 2.45) is 0 Å². The standard InChI is InChI=1S/C19H24O6S/c1-13(20)22-12-17(23-14(2)21)18-16(24-19(3,4)25-18)10-11-26-15-8-6-5-7-9-15/h5-11,16-18H,12H2,1-4H3/b11-10-/t16-,17+,18-/m0/s1. The lowest BCUT2D eigenvalue weighted by Gasteiger charge is -2.24. The van der Waals surface area contributed by atoms with Crippen molar-refractivity contribution in [2.75, 3.05) is 6.61 Å². The van der Waals surface area contributed by atoms with E-state index < -0.39 is 36.0 Å². The molecule has 1 heterocycles. The normalized spacial score (nSPS) is 22.9. The molecule has 1 aliphatic rings. The van der Waals surface area contributed by atoms with Crippen LogP contribution in [0.15, 0.2) is 46.7 Å². The van der Waals surface area contributed by atoms with E-state index >= 15 is 0 Å². The van der Waals surface area contributed by atoms with Crippen LogP contribution in [0.4, 0.5) is 0 Å².